The van der Waals surface area contributed by atoms with Crippen molar-refractivity contribution in [2.45, 2.75) is 32.2 Å². The van der Waals surface area contributed by atoms with E-state index in [1.807, 2.05) is 0 Å². The van der Waals surface area contributed by atoms with Gasteiger partial charge in [0.15, 0.2) is 0 Å². The van der Waals surface area contributed by atoms with Crippen LogP contribution in [0.1, 0.15) is 36.5 Å². The van der Waals surface area contributed by atoms with Crippen molar-refractivity contribution >= 4 is 17.6 Å². The SMILES string of the molecule is CCOC(=O)c1ccccc1NC(=O)C1CCCC1N. The molecule has 5 heteroatoms. The lowest BCUT2D eigenvalue weighted by Crippen LogP contribution is -2.34. The average Bonchev–Trinajstić information content (AvgIpc) is 2.86. The first-order valence-corrected chi connectivity index (χ1v) is 6.96. The van der Waals surface area contributed by atoms with Gasteiger partial charge in [-0.1, -0.05) is 18.6 Å². The van der Waals surface area contributed by atoms with Gasteiger partial charge in [0, 0.05) is 6.04 Å². The molecule has 0 spiro atoms. The normalized spacial score (nSPS) is 21.5. The average molecular weight is 276 g/mol. The lowest BCUT2D eigenvalue weighted by atomic mass is 10.0. The number of rotatable bonds is 4. The van der Waals surface area contributed by atoms with Crippen LogP contribution < -0.4 is 11.1 Å². The highest BCUT2D eigenvalue weighted by atomic mass is 16.5. The molecule has 0 bridgehead atoms. The Balaban J connectivity index is 2.13. The molecule has 2 atom stereocenters. The summed E-state index contributed by atoms with van der Waals surface area (Å²) in [6.07, 6.45) is 2.64. The van der Waals surface area contributed by atoms with E-state index in [2.05, 4.69) is 5.32 Å². The van der Waals surface area contributed by atoms with E-state index in [0.29, 0.717) is 17.9 Å². The van der Waals surface area contributed by atoms with Crippen molar-refractivity contribution in [3.05, 3.63) is 29.8 Å². The summed E-state index contributed by atoms with van der Waals surface area (Å²) in [6.45, 7) is 2.05. The third-order valence-corrected chi connectivity index (χ3v) is 3.59. The first kappa shape index (κ1) is 14.5. The second-order valence-electron chi connectivity index (χ2n) is 4.96. The molecule has 2 rings (SSSR count). The van der Waals surface area contributed by atoms with Crippen molar-refractivity contribution in [3.8, 4) is 0 Å². The summed E-state index contributed by atoms with van der Waals surface area (Å²) in [5.41, 5.74) is 6.78. The first-order valence-electron chi connectivity index (χ1n) is 6.96. The molecule has 1 aliphatic carbocycles. The van der Waals surface area contributed by atoms with Gasteiger partial charge in [0.05, 0.1) is 23.8 Å². The third kappa shape index (κ3) is 3.17. The van der Waals surface area contributed by atoms with E-state index >= 15 is 0 Å². The Labute approximate surface area is 118 Å². The number of ether oxygens (including phenoxy) is 1. The zero-order valence-corrected chi connectivity index (χ0v) is 11.6. The van der Waals surface area contributed by atoms with Crippen LogP contribution in [0, 0.1) is 5.92 Å². The van der Waals surface area contributed by atoms with Gasteiger partial charge in [-0.2, -0.15) is 0 Å². The van der Waals surface area contributed by atoms with E-state index in [9.17, 15) is 9.59 Å². The smallest absolute Gasteiger partial charge is 0.340 e. The number of hydrogen-bond acceptors (Lipinski definition) is 4. The Bertz CT molecular complexity index is 502. The van der Waals surface area contributed by atoms with Crippen LogP contribution in [0.3, 0.4) is 0 Å². The fourth-order valence-corrected chi connectivity index (χ4v) is 2.52. The number of esters is 1. The Hall–Kier alpha value is -1.88. The van der Waals surface area contributed by atoms with Gasteiger partial charge in [-0.25, -0.2) is 4.79 Å². The molecule has 1 aromatic carbocycles. The predicted molar refractivity (Wildman–Crippen MR) is 76.3 cm³/mol. The molecule has 2 unspecified atom stereocenters. The van der Waals surface area contributed by atoms with Gasteiger partial charge < -0.3 is 15.8 Å². The van der Waals surface area contributed by atoms with E-state index in [4.69, 9.17) is 10.5 Å². The molecule has 3 N–H and O–H groups in total. The Morgan fingerprint density at radius 2 is 2.10 bits per heavy atom. The number of benzene rings is 1. The minimum Gasteiger partial charge on any atom is -0.462 e. The first-order chi connectivity index (χ1) is 9.63. The molecule has 108 valence electrons. The van der Waals surface area contributed by atoms with Crippen LogP contribution >= 0.6 is 0 Å². The van der Waals surface area contributed by atoms with E-state index in [1.54, 1.807) is 31.2 Å². The number of nitrogens with one attached hydrogen (secondary N) is 1. The van der Waals surface area contributed by atoms with Gasteiger partial charge in [0.2, 0.25) is 5.91 Å². The zero-order valence-electron chi connectivity index (χ0n) is 11.6. The lowest BCUT2D eigenvalue weighted by Gasteiger charge is -2.16. The van der Waals surface area contributed by atoms with Gasteiger partial charge in [-0.3, -0.25) is 4.79 Å². The van der Waals surface area contributed by atoms with Gasteiger partial charge in [0.25, 0.3) is 0 Å². The number of carbonyl (C=O) groups excluding carboxylic acids is 2. The van der Waals surface area contributed by atoms with Crippen molar-refractivity contribution in [3.63, 3.8) is 0 Å². The molecule has 0 aromatic heterocycles. The summed E-state index contributed by atoms with van der Waals surface area (Å²) in [4.78, 5) is 24.0. The van der Waals surface area contributed by atoms with Gasteiger partial charge in [-0.15, -0.1) is 0 Å². The van der Waals surface area contributed by atoms with Crippen LogP contribution in [-0.2, 0) is 9.53 Å². The second kappa shape index (κ2) is 6.52. The largest absolute Gasteiger partial charge is 0.462 e. The fraction of sp³-hybridized carbons (Fsp3) is 0.467. The summed E-state index contributed by atoms with van der Waals surface area (Å²) in [5.74, 6) is -0.726. The maximum atomic E-state index is 12.2. The van der Waals surface area contributed by atoms with Crippen molar-refractivity contribution in [2.75, 3.05) is 11.9 Å². The number of carbonyl (C=O) groups is 2. The third-order valence-electron chi connectivity index (χ3n) is 3.59. The fourth-order valence-electron chi connectivity index (χ4n) is 2.52. The molecule has 1 fully saturated rings. The summed E-state index contributed by atoms with van der Waals surface area (Å²) in [6, 6.07) is 6.76. The molecule has 5 nitrogen and oxygen atoms in total. The monoisotopic (exact) mass is 276 g/mol. The number of amides is 1. The van der Waals surface area contributed by atoms with E-state index in [0.717, 1.165) is 19.3 Å². The molecule has 1 aliphatic rings. The van der Waals surface area contributed by atoms with Gasteiger partial charge >= 0.3 is 5.97 Å². The Morgan fingerprint density at radius 1 is 1.35 bits per heavy atom. The highest BCUT2D eigenvalue weighted by Crippen LogP contribution is 2.26. The molecule has 0 saturated heterocycles. The number of nitrogens with two attached hydrogens (primary N) is 1. The zero-order chi connectivity index (χ0) is 14.5. The Morgan fingerprint density at radius 3 is 2.75 bits per heavy atom. The molecular weight excluding hydrogens is 256 g/mol. The quantitative estimate of drug-likeness (QED) is 0.823. The highest BCUT2D eigenvalue weighted by Gasteiger charge is 2.30. The summed E-state index contributed by atoms with van der Waals surface area (Å²) >= 11 is 0. The van der Waals surface area contributed by atoms with Crippen LogP contribution in [0.2, 0.25) is 0 Å². The van der Waals surface area contributed by atoms with Crippen LogP contribution in [-0.4, -0.2) is 24.5 Å². The predicted octanol–water partition coefficient (Wildman–Crippen LogP) is 1.93. The van der Waals surface area contributed by atoms with Gasteiger partial charge in [0.1, 0.15) is 0 Å². The van der Waals surface area contributed by atoms with Crippen LogP contribution in [0.5, 0.6) is 0 Å². The number of anilines is 1. The van der Waals surface area contributed by atoms with Crippen molar-refractivity contribution < 1.29 is 14.3 Å². The second-order valence-corrected chi connectivity index (χ2v) is 4.96. The standard InChI is InChI=1S/C15H20N2O3/c1-2-20-15(19)11-6-3-4-9-13(11)17-14(18)10-7-5-8-12(10)16/h3-4,6,9-10,12H,2,5,7-8,16H2,1H3,(H,17,18). The van der Waals surface area contributed by atoms with Crippen LogP contribution in [0.25, 0.3) is 0 Å². The maximum Gasteiger partial charge on any atom is 0.340 e. The minimum absolute atomic E-state index is 0.0928. The molecular formula is C15H20N2O3. The number of para-hydroxylation sites is 1. The van der Waals surface area contributed by atoms with Crippen molar-refractivity contribution in [1.82, 2.24) is 0 Å². The lowest BCUT2D eigenvalue weighted by molar-refractivity contribution is -0.120. The molecule has 1 saturated carbocycles. The van der Waals surface area contributed by atoms with E-state index in [-0.39, 0.29) is 17.9 Å². The molecule has 1 aromatic rings. The van der Waals surface area contributed by atoms with Crippen LogP contribution in [0.15, 0.2) is 24.3 Å². The highest BCUT2D eigenvalue weighted by molar-refractivity contribution is 6.02. The maximum absolute atomic E-state index is 12.2. The molecule has 1 amide bonds. The summed E-state index contributed by atoms with van der Waals surface area (Å²) < 4.78 is 4.98. The number of hydrogen-bond donors (Lipinski definition) is 2. The molecule has 20 heavy (non-hydrogen) atoms. The van der Waals surface area contributed by atoms with Gasteiger partial charge in [-0.05, 0) is 31.9 Å². The summed E-state index contributed by atoms with van der Waals surface area (Å²) in [7, 11) is 0. The topological polar surface area (TPSA) is 81.4 Å². The molecule has 0 aliphatic heterocycles. The molecule has 0 heterocycles. The van der Waals surface area contributed by atoms with Crippen molar-refractivity contribution in [2.24, 2.45) is 11.7 Å². The van der Waals surface area contributed by atoms with E-state index in [1.165, 1.54) is 0 Å². The van der Waals surface area contributed by atoms with E-state index < -0.39 is 5.97 Å². The molecule has 0 radical (unpaired) electrons. The van der Waals surface area contributed by atoms with Crippen molar-refractivity contribution in [1.29, 1.82) is 0 Å². The van der Waals surface area contributed by atoms with Crippen LogP contribution in [0.4, 0.5) is 5.69 Å². The summed E-state index contributed by atoms with van der Waals surface area (Å²) in [5, 5.41) is 2.80. The minimum atomic E-state index is -0.431. The Kier molecular flexibility index (Phi) is 4.74.